The normalized spacial score (nSPS) is 10.7. The second kappa shape index (κ2) is 6.22. The van der Waals surface area contributed by atoms with E-state index in [1.165, 1.54) is 22.5 Å². The summed E-state index contributed by atoms with van der Waals surface area (Å²) in [6.07, 6.45) is 0. The lowest BCUT2D eigenvalue weighted by Crippen LogP contribution is -2.21. The molecule has 0 saturated heterocycles. The number of nitrogens with one attached hydrogen (secondary N) is 1. The molecule has 3 aromatic rings. The van der Waals surface area contributed by atoms with Crippen LogP contribution in [-0.2, 0) is 6.54 Å². The van der Waals surface area contributed by atoms with Crippen LogP contribution in [0.2, 0.25) is 0 Å². The van der Waals surface area contributed by atoms with Gasteiger partial charge >= 0.3 is 0 Å². The molecule has 1 amide bonds. The van der Waals surface area contributed by atoms with Gasteiger partial charge in [0.25, 0.3) is 5.91 Å². The maximum absolute atomic E-state index is 12.0. The number of hydrogen-bond acceptors (Lipinski definition) is 4. The van der Waals surface area contributed by atoms with Gasteiger partial charge in [-0.15, -0.1) is 22.7 Å². The molecule has 0 unspecified atom stereocenters. The van der Waals surface area contributed by atoms with E-state index in [1.807, 2.05) is 11.4 Å². The summed E-state index contributed by atoms with van der Waals surface area (Å²) in [4.78, 5) is 13.8. The number of halogens is 1. The molecule has 3 heterocycles. The van der Waals surface area contributed by atoms with Crippen LogP contribution in [0.3, 0.4) is 0 Å². The number of carbonyl (C=O) groups excluding carboxylic acids is 1. The smallest absolute Gasteiger partial charge is 0.261 e. The Kier molecular flexibility index (Phi) is 4.35. The van der Waals surface area contributed by atoms with Crippen molar-refractivity contribution in [1.29, 1.82) is 0 Å². The Morgan fingerprint density at radius 1 is 1.15 bits per heavy atom. The molecule has 102 valence electrons. The van der Waals surface area contributed by atoms with E-state index >= 15 is 0 Å². The van der Waals surface area contributed by atoms with Gasteiger partial charge in [0.1, 0.15) is 0 Å². The molecular formula is C14H10BrNOS3. The number of rotatable bonds is 4. The minimum atomic E-state index is -0.0221. The van der Waals surface area contributed by atoms with E-state index in [0.29, 0.717) is 6.54 Å². The van der Waals surface area contributed by atoms with Crippen LogP contribution < -0.4 is 5.32 Å². The van der Waals surface area contributed by atoms with Crippen molar-refractivity contribution in [3.05, 3.63) is 53.9 Å². The SMILES string of the molecule is O=C(NCc1cc(-c2ccsc2)cs1)c1cc(Br)cs1. The monoisotopic (exact) mass is 383 g/mol. The van der Waals surface area contributed by atoms with E-state index < -0.39 is 0 Å². The molecule has 0 saturated carbocycles. The van der Waals surface area contributed by atoms with Crippen LogP contribution in [0.5, 0.6) is 0 Å². The molecule has 3 rings (SSSR count). The van der Waals surface area contributed by atoms with Gasteiger partial charge in [-0.2, -0.15) is 11.3 Å². The van der Waals surface area contributed by atoms with Crippen LogP contribution in [0.25, 0.3) is 11.1 Å². The molecule has 0 aliphatic carbocycles. The number of carbonyl (C=O) groups is 1. The average molecular weight is 384 g/mol. The van der Waals surface area contributed by atoms with Gasteiger partial charge in [-0.05, 0) is 61.4 Å². The largest absolute Gasteiger partial charge is 0.346 e. The summed E-state index contributed by atoms with van der Waals surface area (Å²) in [7, 11) is 0. The molecule has 20 heavy (non-hydrogen) atoms. The van der Waals surface area contributed by atoms with E-state index in [4.69, 9.17) is 0 Å². The quantitative estimate of drug-likeness (QED) is 0.656. The Morgan fingerprint density at radius 2 is 2.05 bits per heavy atom. The van der Waals surface area contributed by atoms with Crippen molar-refractivity contribution < 1.29 is 4.79 Å². The lowest BCUT2D eigenvalue weighted by atomic mass is 10.2. The number of hydrogen-bond donors (Lipinski definition) is 1. The number of thiophene rings is 3. The Hall–Kier alpha value is -0.950. The van der Waals surface area contributed by atoms with Crippen molar-refractivity contribution in [3.8, 4) is 11.1 Å². The highest BCUT2D eigenvalue weighted by molar-refractivity contribution is 9.10. The first-order valence-electron chi connectivity index (χ1n) is 5.84. The van der Waals surface area contributed by atoms with Crippen LogP contribution in [-0.4, -0.2) is 5.91 Å². The maximum Gasteiger partial charge on any atom is 0.261 e. The van der Waals surface area contributed by atoms with Crippen molar-refractivity contribution in [2.75, 3.05) is 0 Å². The van der Waals surface area contributed by atoms with Crippen LogP contribution >= 0.6 is 49.9 Å². The van der Waals surface area contributed by atoms with Crippen LogP contribution in [0, 0.1) is 0 Å². The van der Waals surface area contributed by atoms with Crippen molar-refractivity contribution in [1.82, 2.24) is 5.32 Å². The molecule has 0 spiro atoms. The minimum Gasteiger partial charge on any atom is -0.346 e. The zero-order valence-electron chi connectivity index (χ0n) is 10.3. The van der Waals surface area contributed by atoms with E-state index in [1.54, 1.807) is 22.7 Å². The van der Waals surface area contributed by atoms with Gasteiger partial charge in [0.2, 0.25) is 0 Å². The summed E-state index contributed by atoms with van der Waals surface area (Å²) in [6.45, 7) is 0.573. The van der Waals surface area contributed by atoms with E-state index in [9.17, 15) is 4.79 Å². The molecule has 0 aromatic carbocycles. The van der Waals surface area contributed by atoms with Crippen LogP contribution in [0.1, 0.15) is 14.5 Å². The molecule has 0 fully saturated rings. The fourth-order valence-electron chi connectivity index (χ4n) is 1.74. The molecule has 0 atom stereocenters. The van der Waals surface area contributed by atoms with Gasteiger partial charge < -0.3 is 5.32 Å². The summed E-state index contributed by atoms with van der Waals surface area (Å²) < 4.78 is 0.948. The molecule has 0 radical (unpaired) electrons. The topological polar surface area (TPSA) is 29.1 Å². The Bertz CT molecular complexity index is 714. The molecule has 3 aromatic heterocycles. The van der Waals surface area contributed by atoms with E-state index in [2.05, 4.69) is 49.5 Å². The minimum absolute atomic E-state index is 0.0221. The second-order valence-electron chi connectivity index (χ2n) is 4.13. The molecule has 1 N–H and O–H groups in total. The van der Waals surface area contributed by atoms with Crippen molar-refractivity contribution in [3.63, 3.8) is 0 Å². The number of amides is 1. The summed E-state index contributed by atoms with van der Waals surface area (Å²) in [5.41, 5.74) is 2.46. The molecular weight excluding hydrogens is 374 g/mol. The van der Waals surface area contributed by atoms with E-state index in [-0.39, 0.29) is 5.91 Å². The lowest BCUT2D eigenvalue weighted by molar-refractivity contribution is 0.0955. The van der Waals surface area contributed by atoms with Gasteiger partial charge in [0, 0.05) is 14.7 Å². The molecule has 2 nitrogen and oxygen atoms in total. The summed E-state index contributed by atoms with van der Waals surface area (Å²) >= 11 is 8.16. The first kappa shape index (κ1) is 14.0. The Labute approximate surface area is 137 Å². The fraction of sp³-hybridized carbons (Fsp3) is 0.0714. The Morgan fingerprint density at radius 3 is 2.75 bits per heavy atom. The van der Waals surface area contributed by atoms with Gasteiger partial charge in [0.05, 0.1) is 11.4 Å². The second-order valence-corrected chi connectivity index (χ2v) is 7.73. The van der Waals surface area contributed by atoms with E-state index in [0.717, 1.165) is 14.2 Å². The molecule has 0 aliphatic heterocycles. The predicted molar refractivity (Wildman–Crippen MR) is 90.8 cm³/mol. The summed E-state index contributed by atoms with van der Waals surface area (Å²) in [5, 5.41) is 11.2. The fourth-order valence-corrected chi connectivity index (χ4v) is 4.58. The third-order valence-electron chi connectivity index (χ3n) is 2.72. The lowest BCUT2D eigenvalue weighted by Gasteiger charge is -2.00. The van der Waals surface area contributed by atoms with Crippen molar-refractivity contribution in [2.45, 2.75) is 6.54 Å². The van der Waals surface area contributed by atoms with Gasteiger partial charge in [-0.25, -0.2) is 0 Å². The average Bonchev–Trinajstić information content (AvgIpc) is 3.16. The Balaban J connectivity index is 1.63. The van der Waals surface area contributed by atoms with Crippen molar-refractivity contribution >= 4 is 55.8 Å². The van der Waals surface area contributed by atoms with Gasteiger partial charge in [0.15, 0.2) is 0 Å². The third-order valence-corrected chi connectivity index (χ3v) is 6.03. The van der Waals surface area contributed by atoms with Crippen LogP contribution in [0.4, 0.5) is 0 Å². The molecule has 0 aliphatic rings. The molecule has 6 heteroatoms. The highest BCUT2D eigenvalue weighted by Crippen LogP contribution is 2.27. The first-order chi connectivity index (χ1) is 9.72. The predicted octanol–water partition coefficient (Wildman–Crippen LogP) is 5.23. The zero-order chi connectivity index (χ0) is 13.9. The summed E-state index contributed by atoms with van der Waals surface area (Å²) in [6, 6.07) is 6.08. The molecule has 0 bridgehead atoms. The van der Waals surface area contributed by atoms with Crippen LogP contribution in [0.15, 0.2) is 44.2 Å². The van der Waals surface area contributed by atoms with Crippen molar-refractivity contribution in [2.24, 2.45) is 0 Å². The third kappa shape index (κ3) is 3.20. The zero-order valence-corrected chi connectivity index (χ0v) is 14.3. The van der Waals surface area contributed by atoms with Gasteiger partial charge in [-0.3, -0.25) is 4.79 Å². The highest BCUT2D eigenvalue weighted by Gasteiger charge is 2.09. The maximum atomic E-state index is 12.0. The standard InChI is InChI=1S/C14H10BrNOS3/c15-11-4-13(20-8-11)14(17)16-5-12-3-10(7-19-12)9-1-2-18-6-9/h1-4,6-8H,5H2,(H,16,17). The summed E-state index contributed by atoms with van der Waals surface area (Å²) in [5.74, 6) is -0.0221. The first-order valence-corrected chi connectivity index (χ1v) is 9.34. The highest BCUT2D eigenvalue weighted by atomic mass is 79.9. The van der Waals surface area contributed by atoms with Gasteiger partial charge in [-0.1, -0.05) is 0 Å².